The number of anilines is 1. The van der Waals surface area contributed by atoms with Crippen LogP contribution >= 0.6 is 0 Å². The molecule has 1 aliphatic carbocycles. The second-order valence-electron chi connectivity index (χ2n) is 10.9. The highest BCUT2D eigenvalue weighted by atomic mass is 16.4. The number of carboxylic acids is 1. The maximum atomic E-state index is 11.7. The molecule has 3 N–H and O–H groups in total. The van der Waals surface area contributed by atoms with Crippen LogP contribution in [0.5, 0.6) is 0 Å². The lowest BCUT2D eigenvalue weighted by molar-refractivity contribution is 0.0695. The largest absolute Gasteiger partial charge is 0.478 e. The topological polar surface area (TPSA) is 92.1 Å². The Morgan fingerprint density at radius 1 is 1.05 bits per heavy atom. The minimum absolute atomic E-state index is 0.195. The van der Waals surface area contributed by atoms with Gasteiger partial charge in [-0.2, -0.15) is 5.10 Å². The first-order valence-electron chi connectivity index (χ1n) is 14.6. The Morgan fingerprint density at radius 3 is 2.65 bits per heavy atom. The van der Waals surface area contributed by atoms with Crippen LogP contribution in [0.2, 0.25) is 0 Å². The summed E-state index contributed by atoms with van der Waals surface area (Å²) in [5.41, 5.74) is 9.64. The van der Waals surface area contributed by atoms with Gasteiger partial charge in [-0.05, 0) is 104 Å². The van der Waals surface area contributed by atoms with Crippen LogP contribution in [-0.4, -0.2) is 38.9 Å². The summed E-state index contributed by atoms with van der Waals surface area (Å²) in [6, 6.07) is 19.6. The van der Waals surface area contributed by atoms with Crippen molar-refractivity contribution in [2.75, 3.05) is 18.4 Å². The number of rotatable bonds is 8. The van der Waals surface area contributed by atoms with Crippen molar-refractivity contribution in [2.45, 2.75) is 64.3 Å². The van der Waals surface area contributed by atoms with Gasteiger partial charge in [-0.15, -0.1) is 0 Å². The fourth-order valence-electron chi connectivity index (χ4n) is 6.57. The molecule has 0 saturated carbocycles. The molecule has 1 fully saturated rings. The normalized spacial score (nSPS) is 17.1. The smallest absolute Gasteiger partial charge is 0.339 e. The van der Waals surface area contributed by atoms with E-state index in [1.54, 1.807) is 4.68 Å². The second-order valence-corrected chi connectivity index (χ2v) is 10.9. The van der Waals surface area contributed by atoms with Crippen molar-refractivity contribution in [1.82, 2.24) is 20.1 Å². The minimum atomic E-state index is -0.968. The van der Waals surface area contributed by atoms with E-state index in [9.17, 15) is 9.90 Å². The highest BCUT2D eigenvalue weighted by molar-refractivity contribution is 5.88. The van der Waals surface area contributed by atoms with Crippen LogP contribution in [0.25, 0.3) is 17.1 Å². The van der Waals surface area contributed by atoms with Crippen molar-refractivity contribution in [3.05, 3.63) is 94.3 Å². The van der Waals surface area contributed by atoms with Gasteiger partial charge in [0.05, 0.1) is 23.6 Å². The zero-order chi connectivity index (χ0) is 27.6. The van der Waals surface area contributed by atoms with Crippen molar-refractivity contribution in [1.29, 1.82) is 0 Å². The maximum Gasteiger partial charge on any atom is 0.339 e. The number of benzene rings is 2. The molecule has 1 unspecified atom stereocenters. The monoisotopic (exact) mass is 535 g/mol. The molecule has 206 valence electrons. The van der Waals surface area contributed by atoms with Gasteiger partial charge in [0, 0.05) is 11.3 Å². The number of nitrogens with one attached hydrogen (secondary N) is 2. The van der Waals surface area contributed by atoms with Crippen LogP contribution < -0.4 is 10.6 Å². The number of nitrogens with zero attached hydrogens (tertiary/aromatic N) is 3. The molecular weight excluding hydrogens is 498 g/mol. The van der Waals surface area contributed by atoms with Crippen LogP contribution in [-0.2, 0) is 19.3 Å². The van der Waals surface area contributed by atoms with Crippen LogP contribution in [0.15, 0.2) is 60.8 Å². The van der Waals surface area contributed by atoms with Gasteiger partial charge in [-0.3, -0.25) is 0 Å². The Kier molecular flexibility index (Phi) is 7.39. The highest BCUT2D eigenvalue weighted by Gasteiger charge is 2.27. The number of carbonyl (C=O) groups is 1. The molecule has 1 saturated heterocycles. The van der Waals surface area contributed by atoms with E-state index < -0.39 is 5.97 Å². The summed E-state index contributed by atoms with van der Waals surface area (Å²) in [6.07, 6.45) is 7.48. The second kappa shape index (κ2) is 11.3. The van der Waals surface area contributed by atoms with Gasteiger partial charge in [0.1, 0.15) is 5.56 Å². The molecule has 40 heavy (non-hydrogen) atoms. The Hall–Kier alpha value is -3.97. The van der Waals surface area contributed by atoms with E-state index in [0.717, 1.165) is 43.6 Å². The Labute approximate surface area is 235 Å². The molecule has 0 spiro atoms. The fraction of sp³-hybridized carbons (Fsp3) is 0.364. The lowest BCUT2D eigenvalue weighted by Gasteiger charge is -2.26. The van der Waals surface area contributed by atoms with Crippen molar-refractivity contribution in [3.8, 4) is 17.1 Å². The molecule has 7 nitrogen and oxygen atoms in total. The van der Waals surface area contributed by atoms with Crippen LogP contribution in [0.4, 0.5) is 5.69 Å². The van der Waals surface area contributed by atoms with Gasteiger partial charge in [-0.1, -0.05) is 44.2 Å². The van der Waals surface area contributed by atoms with Crippen molar-refractivity contribution < 1.29 is 9.90 Å². The van der Waals surface area contributed by atoms with Crippen molar-refractivity contribution >= 4 is 11.7 Å². The fourth-order valence-corrected chi connectivity index (χ4v) is 6.57. The van der Waals surface area contributed by atoms with E-state index in [-0.39, 0.29) is 11.6 Å². The number of aromatic carboxylic acids is 1. The lowest BCUT2D eigenvalue weighted by Crippen LogP contribution is -2.27. The van der Waals surface area contributed by atoms with E-state index in [1.165, 1.54) is 47.0 Å². The quantitative estimate of drug-likeness (QED) is 0.244. The van der Waals surface area contributed by atoms with E-state index in [0.29, 0.717) is 23.9 Å². The third-order valence-electron chi connectivity index (χ3n) is 8.55. The summed E-state index contributed by atoms with van der Waals surface area (Å²) in [7, 11) is 0. The van der Waals surface area contributed by atoms with Crippen LogP contribution in [0.1, 0.15) is 83.4 Å². The molecule has 7 heteroatoms. The number of hydrogen-bond donors (Lipinski definition) is 3. The number of carboxylic acid groups (broad SMARTS) is 1. The van der Waals surface area contributed by atoms with Crippen LogP contribution in [0, 0.1) is 0 Å². The number of piperidine rings is 1. The summed E-state index contributed by atoms with van der Waals surface area (Å²) >= 11 is 0. The number of hydrogen-bond acceptors (Lipinski definition) is 5. The number of aromatic nitrogens is 3. The molecule has 4 aromatic rings. The molecule has 0 radical (unpaired) electrons. The van der Waals surface area contributed by atoms with Gasteiger partial charge >= 0.3 is 5.97 Å². The van der Waals surface area contributed by atoms with Gasteiger partial charge in [0.15, 0.2) is 5.82 Å². The standard InChI is InChI=1S/C33H37N5O2/c1-3-21-19-24(12-13-25(21)22-15-17-34-18-16-22)36-29-14-11-23-7-5-8-26(32(23)29)28-9-6-10-31(37-28)38-30(4-2)27(20-35-38)33(39)40/h5-10,12-13,19-20,22,29,34,36H,3-4,11,14-18H2,1-2H3,(H,39,40). The van der Waals surface area contributed by atoms with E-state index >= 15 is 0 Å². The SMILES string of the molecule is CCc1cc(NC2CCc3cccc(-c4cccc(-n5ncc(C(=O)O)c5CC)n4)c32)ccc1C1CCNCC1. The first-order valence-corrected chi connectivity index (χ1v) is 14.6. The van der Waals surface area contributed by atoms with Crippen molar-refractivity contribution in [3.63, 3.8) is 0 Å². The first kappa shape index (κ1) is 26.3. The summed E-state index contributed by atoms with van der Waals surface area (Å²) in [4.78, 5) is 16.7. The zero-order valence-corrected chi connectivity index (χ0v) is 23.3. The number of aryl methyl sites for hydroxylation is 2. The molecule has 2 aromatic heterocycles. The molecule has 1 aliphatic heterocycles. The lowest BCUT2D eigenvalue weighted by atomic mass is 9.86. The Bertz CT molecular complexity index is 1540. The molecule has 1 atom stereocenters. The Morgan fingerprint density at radius 2 is 1.88 bits per heavy atom. The molecule has 2 aliphatic rings. The van der Waals surface area contributed by atoms with Crippen molar-refractivity contribution in [2.24, 2.45) is 0 Å². The van der Waals surface area contributed by atoms with Gasteiger partial charge < -0.3 is 15.7 Å². The van der Waals surface area contributed by atoms with Gasteiger partial charge in [-0.25, -0.2) is 14.5 Å². The predicted molar refractivity (Wildman–Crippen MR) is 158 cm³/mol. The average Bonchev–Trinajstić information content (AvgIpc) is 3.62. The average molecular weight is 536 g/mol. The maximum absolute atomic E-state index is 11.7. The molecule has 0 amide bonds. The van der Waals surface area contributed by atoms with E-state index in [2.05, 4.69) is 59.1 Å². The minimum Gasteiger partial charge on any atom is -0.478 e. The van der Waals surface area contributed by atoms with Gasteiger partial charge in [0.2, 0.25) is 0 Å². The number of fused-ring (bicyclic) bond motifs is 1. The molecule has 2 aromatic carbocycles. The first-order chi connectivity index (χ1) is 19.6. The molecule has 0 bridgehead atoms. The molecular formula is C33H37N5O2. The van der Waals surface area contributed by atoms with E-state index in [4.69, 9.17) is 4.98 Å². The Balaban J connectivity index is 1.31. The van der Waals surface area contributed by atoms with Gasteiger partial charge in [0.25, 0.3) is 0 Å². The third-order valence-corrected chi connectivity index (χ3v) is 8.55. The van der Waals surface area contributed by atoms with E-state index in [1.807, 2.05) is 25.1 Å². The third kappa shape index (κ3) is 4.90. The zero-order valence-electron chi connectivity index (χ0n) is 23.3. The summed E-state index contributed by atoms with van der Waals surface area (Å²) in [5.74, 6) is 0.309. The predicted octanol–water partition coefficient (Wildman–Crippen LogP) is 6.32. The molecule has 6 rings (SSSR count). The molecule has 3 heterocycles. The number of pyridine rings is 1. The highest BCUT2D eigenvalue weighted by Crippen LogP contribution is 2.41. The van der Waals surface area contributed by atoms with Crippen LogP contribution in [0.3, 0.4) is 0 Å². The summed E-state index contributed by atoms with van der Waals surface area (Å²) in [5, 5.41) is 21.3. The summed E-state index contributed by atoms with van der Waals surface area (Å²) in [6.45, 7) is 6.40. The summed E-state index contributed by atoms with van der Waals surface area (Å²) < 4.78 is 1.65.